The minimum atomic E-state index is -3.76. The average Bonchev–Trinajstić information content (AvgIpc) is 3.44. The van der Waals surface area contributed by atoms with E-state index in [9.17, 15) is 22.8 Å². The molecule has 1 aromatic carbocycles. The number of furan rings is 1. The average molecular weight is 479 g/mol. The van der Waals surface area contributed by atoms with Gasteiger partial charge in [-0.25, -0.2) is 8.42 Å². The smallest absolute Gasteiger partial charge is 0.308 e. The van der Waals surface area contributed by atoms with Crippen molar-refractivity contribution >= 4 is 43.4 Å². The number of nitrogens with zero attached hydrogens (tertiary/aromatic N) is 3. The van der Waals surface area contributed by atoms with Crippen molar-refractivity contribution in [2.45, 2.75) is 18.4 Å². The molecular formula is C20H22N4O6S2. The van der Waals surface area contributed by atoms with Gasteiger partial charge in [0.15, 0.2) is 5.76 Å². The zero-order valence-corrected chi connectivity index (χ0v) is 18.9. The quantitative estimate of drug-likeness (QED) is 0.563. The second-order valence-corrected chi connectivity index (χ2v) is 10.1. The SMILES string of the molecule is CCn1c(=O)sc2cc(S(=O)(=O)N3CCN(C(=O)CNC(=O)c4ccco4)CC3)ccc21. The van der Waals surface area contributed by atoms with Crippen LogP contribution < -0.4 is 10.2 Å². The highest BCUT2D eigenvalue weighted by atomic mass is 32.2. The van der Waals surface area contributed by atoms with E-state index in [1.54, 1.807) is 16.7 Å². The first-order valence-electron chi connectivity index (χ1n) is 10.0. The van der Waals surface area contributed by atoms with Crippen molar-refractivity contribution in [1.29, 1.82) is 0 Å². The van der Waals surface area contributed by atoms with Crippen LogP contribution in [0.3, 0.4) is 0 Å². The van der Waals surface area contributed by atoms with Gasteiger partial charge in [-0.05, 0) is 37.3 Å². The number of aromatic nitrogens is 1. The number of piperazine rings is 1. The van der Waals surface area contributed by atoms with Gasteiger partial charge in [0.2, 0.25) is 15.9 Å². The van der Waals surface area contributed by atoms with Gasteiger partial charge in [0, 0.05) is 32.7 Å². The lowest BCUT2D eigenvalue weighted by Gasteiger charge is -2.34. The summed E-state index contributed by atoms with van der Waals surface area (Å²) in [5.41, 5.74) is 0.716. The molecule has 12 heteroatoms. The number of hydrogen-bond donors (Lipinski definition) is 1. The van der Waals surface area contributed by atoms with Gasteiger partial charge in [0.1, 0.15) is 0 Å². The number of thiazole rings is 1. The normalized spacial score (nSPS) is 15.2. The predicted molar refractivity (Wildman–Crippen MR) is 118 cm³/mol. The fraction of sp³-hybridized carbons (Fsp3) is 0.350. The Balaban J connectivity index is 1.39. The molecule has 4 rings (SSSR count). The summed E-state index contributed by atoms with van der Waals surface area (Å²) in [5, 5.41) is 2.50. The van der Waals surface area contributed by atoms with Crippen LogP contribution in [0, 0.1) is 0 Å². The third-order valence-electron chi connectivity index (χ3n) is 5.33. The summed E-state index contributed by atoms with van der Waals surface area (Å²) in [7, 11) is -3.76. The van der Waals surface area contributed by atoms with Crippen LogP contribution in [0.5, 0.6) is 0 Å². The molecule has 3 aromatic rings. The lowest BCUT2D eigenvalue weighted by atomic mass is 10.3. The fourth-order valence-electron chi connectivity index (χ4n) is 3.60. The van der Waals surface area contributed by atoms with E-state index < -0.39 is 15.9 Å². The molecule has 0 unspecified atom stereocenters. The maximum atomic E-state index is 13.1. The molecule has 170 valence electrons. The van der Waals surface area contributed by atoms with Crippen LogP contribution in [0.2, 0.25) is 0 Å². The highest BCUT2D eigenvalue weighted by Gasteiger charge is 2.30. The van der Waals surface area contributed by atoms with Crippen LogP contribution >= 0.6 is 11.3 Å². The Morgan fingerprint density at radius 1 is 1.16 bits per heavy atom. The molecule has 1 saturated heterocycles. The topological polar surface area (TPSA) is 122 Å². The molecule has 10 nitrogen and oxygen atoms in total. The standard InChI is InChI=1S/C20H22N4O6S2/c1-2-24-15-6-5-14(12-17(15)31-20(24)27)32(28,29)23-9-7-22(8-10-23)18(25)13-21-19(26)16-4-3-11-30-16/h3-6,11-12H,2,7-10,13H2,1H3,(H,21,26). The Hall–Kier alpha value is -2.96. The highest BCUT2D eigenvalue weighted by Crippen LogP contribution is 2.24. The summed E-state index contributed by atoms with van der Waals surface area (Å²) in [4.78, 5) is 37.8. The molecule has 0 spiro atoms. The zero-order chi connectivity index (χ0) is 22.9. The Morgan fingerprint density at radius 2 is 1.91 bits per heavy atom. The van der Waals surface area contributed by atoms with Crippen LogP contribution in [-0.2, 0) is 21.4 Å². The number of rotatable bonds is 6. The van der Waals surface area contributed by atoms with E-state index in [1.807, 2.05) is 6.92 Å². The molecule has 1 N–H and O–H groups in total. The van der Waals surface area contributed by atoms with E-state index in [2.05, 4.69) is 5.32 Å². The Bertz CT molecular complexity index is 1300. The van der Waals surface area contributed by atoms with E-state index in [4.69, 9.17) is 4.42 Å². The maximum absolute atomic E-state index is 13.1. The molecule has 1 aliphatic heterocycles. The van der Waals surface area contributed by atoms with Crippen LogP contribution in [-0.4, -0.2) is 66.7 Å². The van der Waals surface area contributed by atoms with Gasteiger partial charge in [-0.15, -0.1) is 0 Å². The van der Waals surface area contributed by atoms with Crippen LogP contribution in [0.1, 0.15) is 17.5 Å². The third kappa shape index (κ3) is 4.20. The molecule has 0 bridgehead atoms. The summed E-state index contributed by atoms with van der Waals surface area (Å²) >= 11 is 1.02. The highest BCUT2D eigenvalue weighted by molar-refractivity contribution is 7.89. The first-order chi connectivity index (χ1) is 15.3. The molecule has 1 aliphatic rings. The number of amides is 2. The molecular weight excluding hydrogens is 456 g/mol. The summed E-state index contributed by atoms with van der Waals surface area (Å²) in [6, 6.07) is 7.78. The first-order valence-corrected chi connectivity index (χ1v) is 12.3. The van der Waals surface area contributed by atoms with Crippen molar-refractivity contribution in [3.05, 3.63) is 52.0 Å². The number of sulfonamides is 1. The number of carbonyl (C=O) groups excluding carboxylic acids is 2. The number of aryl methyl sites for hydroxylation is 1. The van der Waals surface area contributed by atoms with Gasteiger partial charge >= 0.3 is 4.87 Å². The van der Waals surface area contributed by atoms with Crippen molar-refractivity contribution in [2.75, 3.05) is 32.7 Å². The van der Waals surface area contributed by atoms with E-state index >= 15 is 0 Å². The van der Waals surface area contributed by atoms with E-state index in [0.29, 0.717) is 16.8 Å². The monoisotopic (exact) mass is 478 g/mol. The molecule has 1 fully saturated rings. The number of fused-ring (bicyclic) bond motifs is 1. The van der Waals surface area contributed by atoms with Gasteiger partial charge in [0.25, 0.3) is 5.91 Å². The first kappa shape index (κ1) is 22.2. The maximum Gasteiger partial charge on any atom is 0.308 e. The molecule has 0 saturated carbocycles. The van der Waals surface area contributed by atoms with E-state index in [1.165, 1.54) is 33.7 Å². The molecule has 32 heavy (non-hydrogen) atoms. The second-order valence-electron chi connectivity index (χ2n) is 7.19. The predicted octanol–water partition coefficient (Wildman–Crippen LogP) is 0.939. The summed E-state index contributed by atoms with van der Waals surface area (Å²) in [5.74, 6) is -0.668. The molecule has 0 radical (unpaired) electrons. The van der Waals surface area contributed by atoms with E-state index in [0.717, 1.165) is 11.3 Å². The Kier molecular flexibility index (Phi) is 6.17. The Morgan fingerprint density at radius 3 is 2.56 bits per heavy atom. The lowest BCUT2D eigenvalue weighted by molar-refractivity contribution is -0.131. The van der Waals surface area contributed by atoms with Crippen LogP contribution in [0.15, 0.2) is 50.7 Å². The van der Waals surface area contributed by atoms with E-state index in [-0.39, 0.29) is 54.2 Å². The van der Waals surface area contributed by atoms with Crippen LogP contribution in [0.25, 0.3) is 10.2 Å². The van der Waals surface area contributed by atoms with Crippen molar-refractivity contribution in [3.63, 3.8) is 0 Å². The molecule has 0 aliphatic carbocycles. The number of nitrogens with one attached hydrogen (secondary N) is 1. The van der Waals surface area contributed by atoms with Gasteiger partial charge in [-0.2, -0.15) is 4.31 Å². The number of benzene rings is 1. The lowest BCUT2D eigenvalue weighted by Crippen LogP contribution is -2.52. The van der Waals surface area contributed by atoms with Crippen molar-refractivity contribution in [1.82, 2.24) is 19.1 Å². The molecule has 2 aromatic heterocycles. The minimum Gasteiger partial charge on any atom is -0.459 e. The molecule has 0 atom stereocenters. The van der Waals surface area contributed by atoms with Crippen molar-refractivity contribution < 1.29 is 22.4 Å². The molecule has 2 amide bonds. The van der Waals surface area contributed by atoms with Gasteiger partial charge in [-0.3, -0.25) is 19.0 Å². The van der Waals surface area contributed by atoms with Gasteiger partial charge in [-0.1, -0.05) is 11.3 Å². The minimum absolute atomic E-state index is 0.116. The zero-order valence-electron chi connectivity index (χ0n) is 17.3. The number of carbonyl (C=O) groups is 2. The summed E-state index contributed by atoms with van der Waals surface area (Å²) < 4.78 is 34.7. The van der Waals surface area contributed by atoms with Crippen molar-refractivity contribution in [3.8, 4) is 0 Å². The van der Waals surface area contributed by atoms with Crippen LogP contribution in [0.4, 0.5) is 0 Å². The van der Waals surface area contributed by atoms with Crippen molar-refractivity contribution in [2.24, 2.45) is 0 Å². The largest absolute Gasteiger partial charge is 0.459 e. The second kappa shape index (κ2) is 8.88. The number of hydrogen-bond acceptors (Lipinski definition) is 7. The molecule has 3 heterocycles. The van der Waals surface area contributed by atoms with Gasteiger partial charge in [0.05, 0.1) is 27.9 Å². The summed E-state index contributed by atoms with van der Waals surface area (Å²) in [6.45, 7) is 2.91. The Labute approximate surface area is 188 Å². The summed E-state index contributed by atoms with van der Waals surface area (Å²) in [6.07, 6.45) is 1.37. The fourth-order valence-corrected chi connectivity index (χ4v) is 6.11. The van der Waals surface area contributed by atoms with Gasteiger partial charge < -0.3 is 14.6 Å². The third-order valence-corrected chi connectivity index (χ3v) is 8.17.